The molecule has 4 heteroatoms. The van der Waals surface area contributed by atoms with Gasteiger partial charge in [-0.2, -0.15) is 0 Å². The van der Waals surface area contributed by atoms with Crippen molar-refractivity contribution in [1.29, 1.82) is 0 Å². The zero-order valence-electron chi connectivity index (χ0n) is 11.5. The molecule has 0 saturated heterocycles. The van der Waals surface area contributed by atoms with Crippen LogP contribution in [0.4, 0.5) is 8.78 Å². The highest BCUT2D eigenvalue weighted by molar-refractivity contribution is 5.33. The van der Waals surface area contributed by atoms with Gasteiger partial charge >= 0.3 is 0 Å². The van der Waals surface area contributed by atoms with Gasteiger partial charge in [-0.05, 0) is 31.2 Å². The van der Waals surface area contributed by atoms with Gasteiger partial charge in [0.1, 0.15) is 5.82 Å². The van der Waals surface area contributed by atoms with Crippen molar-refractivity contribution in [3.8, 4) is 5.75 Å². The number of nitrogens with one attached hydrogen (secondary N) is 1. The van der Waals surface area contributed by atoms with Crippen LogP contribution in [-0.4, -0.2) is 14.2 Å². The van der Waals surface area contributed by atoms with Crippen molar-refractivity contribution in [3.63, 3.8) is 0 Å². The van der Waals surface area contributed by atoms with Crippen LogP contribution in [0.3, 0.4) is 0 Å². The second-order valence-corrected chi connectivity index (χ2v) is 4.50. The molecule has 0 aliphatic rings. The number of hydrogen-bond donors (Lipinski definition) is 1. The smallest absolute Gasteiger partial charge is 0.168 e. The zero-order chi connectivity index (χ0) is 14.5. The number of hydrogen-bond acceptors (Lipinski definition) is 2. The number of ether oxygens (including phenoxy) is 1. The van der Waals surface area contributed by atoms with Crippen molar-refractivity contribution >= 4 is 0 Å². The van der Waals surface area contributed by atoms with Crippen LogP contribution in [0.25, 0.3) is 0 Å². The first-order valence-corrected chi connectivity index (χ1v) is 6.40. The molecule has 0 aliphatic carbocycles. The molecule has 0 fully saturated rings. The Kier molecular flexibility index (Phi) is 4.69. The molecule has 2 aromatic carbocycles. The van der Waals surface area contributed by atoms with Gasteiger partial charge in [-0.15, -0.1) is 0 Å². The van der Waals surface area contributed by atoms with Gasteiger partial charge in [0.05, 0.1) is 7.11 Å². The molecule has 0 bridgehead atoms. The summed E-state index contributed by atoms with van der Waals surface area (Å²) in [7, 11) is 3.16. The standard InChI is InChI=1S/C16H17F2NO/c1-19-14(12-7-3-4-8-13(12)17)10-11-6-5-9-15(20-2)16(11)18/h3-9,14,19H,10H2,1-2H3. The lowest BCUT2D eigenvalue weighted by atomic mass is 9.98. The largest absolute Gasteiger partial charge is 0.494 e. The molecule has 2 nitrogen and oxygen atoms in total. The van der Waals surface area contributed by atoms with E-state index in [0.29, 0.717) is 17.5 Å². The van der Waals surface area contributed by atoms with Gasteiger partial charge in [-0.25, -0.2) is 8.78 Å². The third kappa shape index (κ3) is 2.96. The highest BCUT2D eigenvalue weighted by Gasteiger charge is 2.17. The summed E-state index contributed by atoms with van der Waals surface area (Å²) in [5.74, 6) is -0.493. The molecule has 0 saturated carbocycles. The molecule has 1 N–H and O–H groups in total. The fourth-order valence-corrected chi connectivity index (χ4v) is 2.22. The van der Waals surface area contributed by atoms with Crippen LogP contribution in [0, 0.1) is 11.6 Å². The summed E-state index contributed by atoms with van der Waals surface area (Å²) in [6, 6.07) is 11.2. The Hall–Kier alpha value is -1.94. The molecule has 0 radical (unpaired) electrons. The van der Waals surface area contributed by atoms with E-state index in [4.69, 9.17) is 4.74 Å². The van der Waals surface area contributed by atoms with Gasteiger partial charge in [-0.3, -0.25) is 0 Å². The second-order valence-electron chi connectivity index (χ2n) is 4.50. The maximum atomic E-state index is 14.1. The molecule has 0 spiro atoms. The lowest BCUT2D eigenvalue weighted by molar-refractivity contribution is 0.382. The van der Waals surface area contributed by atoms with E-state index in [1.54, 1.807) is 43.4 Å². The van der Waals surface area contributed by atoms with Gasteiger partial charge in [0.2, 0.25) is 0 Å². The normalized spacial score (nSPS) is 12.2. The molecule has 2 aromatic rings. The molecule has 1 atom stereocenters. The second kappa shape index (κ2) is 6.48. The predicted molar refractivity (Wildman–Crippen MR) is 74.9 cm³/mol. The number of halogens is 2. The van der Waals surface area contributed by atoms with Gasteiger partial charge in [0, 0.05) is 11.6 Å². The van der Waals surface area contributed by atoms with Crippen LogP contribution in [-0.2, 0) is 6.42 Å². The van der Waals surface area contributed by atoms with E-state index in [1.165, 1.54) is 13.2 Å². The molecule has 106 valence electrons. The first-order chi connectivity index (χ1) is 9.67. The van der Waals surface area contributed by atoms with E-state index < -0.39 is 5.82 Å². The molecule has 0 heterocycles. The Morgan fingerprint density at radius 3 is 2.50 bits per heavy atom. The summed E-state index contributed by atoms with van der Waals surface area (Å²) >= 11 is 0. The van der Waals surface area contributed by atoms with Crippen molar-refractivity contribution in [1.82, 2.24) is 5.32 Å². The quantitative estimate of drug-likeness (QED) is 0.903. The van der Waals surface area contributed by atoms with E-state index >= 15 is 0 Å². The third-order valence-electron chi connectivity index (χ3n) is 3.32. The van der Waals surface area contributed by atoms with E-state index in [1.807, 2.05) is 0 Å². The first-order valence-electron chi connectivity index (χ1n) is 6.40. The van der Waals surface area contributed by atoms with Crippen molar-refractivity contribution in [2.24, 2.45) is 0 Å². The molecule has 20 heavy (non-hydrogen) atoms. The summed E-state index contributed by atoms with van der Waals surface area (Å²) in [6.07, 6.45) is 0.348. The van der Waals surface area contributed by atoms with E-state index in [9.17, 15) is 8.78 Å². The first kappa shape index (κ1) is 14.5. The van der Waals surface area contributed by atoms with Crippen molar-refractivity contribution < 1.29 is 13.5 Å². The minimum absolute atomic E-state index is 0.200. The number of likely N-dealkylation sites (N-methyl/N-ethyl adjacent to an activating group) is 1. The molecular formula is C16H17F2NO. The summed E-state index contributed by atoms with van der Waals surface area (Å²) in [5.41, 5.74) is 1.02. The summed E-state index contributed by atoms with van der Waals surface area (Å²) in [6.45, 7) is 0. The van der Waals surface area contributed by atoms with Gasteiger partial charge in [0.15, 0.2) is 11.6 Å². The van der Waals surface area contributed by atoms with E-state index in [-0.39, 0.29) is 17.6 Å². The van der Waals surface area contributed by atoms with Crippen LogP contribution in [0.2, 0.25) is 0 Å². The van der Waals surface area contributed by atoms with Crippen LogP contribution in [0.5, 0.6) is 5.75 Å². The minimum Gasteiger partial charge on any atom is -0.494 e. The number of benzene rings is 2. The number of methoxy groups -OCH3 is 1. The SMILES string of the molecule is CNC(Cc1cccc(OC)c1F)c1ccccc1F. The van der Waals surface area contributed by atoms with E-state index in [0.717, 1.165) is 0 Å². The molecule has 0 aliphatic heterocycles. The monoisotopic (exact) mass is 277 g/mol. The Labute approximate surface area is 117 Å². The van der Waals surface area contributed by atoms with E-state index in [2.05, 4.69) is 5.32 Å². The Balaban J connectivity index is 2.30. The van der Waals surface area contributed by atoms with Gasteiger partial charge < -0.3 is 10.1 Å². The van der Waals surface area contributed by atoms with Crippen LogP contribution < -0.4 is 10.1 Å². The van der Waals surface area contributed by atoms with Crippen molar-refractivity contribution in [2.45, 2.75) is 12.5 Å². The molecular weight excluding hydrogens is 260 g/mol. The van der Waals surface area contributed by atoms with Gasteiger partial charge in [-0.1, -0.05) is 30.3 Å². The summed E-state index contributed by atoms with van der Waals surface area (Å²) < 4.78 is 32.9. The lowest BCUT2D eigenvalue weighted by Gasteiger charge is -2.18. The Bertz CT molecular complexity index is 586. The topological polar surface area (TPSA) is 21.3 Å². The Morgan fingerprint density at radius 1 is 1.10 bits per heavy atom. The van der Waals surface area contributed by atoms with Crippen molar-refractivity contribution in [3.05, 3.63) is 65.2 Å². The van der Waals surface area contributed by atoms with Gasteiger partial charge in [0.25, 0.3) is 0 Å². The summed E-state index contributed by atoms with van der Waals surface area (Å²) in [5, 5.41) is 3.02. The van der Waals surface area contributed by atoms with Crippen LogP contribution in [0.15, 0.2) is 42.5 Å². The molecule has 0 amide bonds. The fourth-order valence-electron chi connectivity index (χ4n) is 2.22. The molecule has 0 aromatic heterocycles. The number of rotatable bonds is 5. The van der Waals surface area contributed by atoms with Crippen LogP contribution >= 0.6 is 0 Å². The fraction of sp³-hybridized carbons (Fsp3) is 0.250. The third-order valence-corrected chi connectivity index (χ3v) is 3.32. The lowest BCUT2D eigenvalue weighted by Crippen LogP contribution is -2.20. The zero-order valence-corrected chi connectivity index (χ0v) is 11.5. The highest BCUT2D eigenvalue weighted by Crippen LogP contribution is 2.26. The maximum absolute atomic E-state index is 14.1. The summed E-state index contributed by atoms with van der Waals surface area (Å²) in [4.78, 5) is 0. The average Bonchev–Trinajstić information content (AvgIpc) is 2.47. The predicted octanol–water partition coefficient (Wildman–Crippen LogP) is 3.48. The highest BCUT2D eigenvalue weighted by atomic mass is 19.1. The van der Waals surface area contributed by atoms with Crippen molar-refractivity contribution in [2.75, 3.05) is 14.2 Å². The minimum atomic E-state index is -0.397. The average molecular weight is 277 g/mol. The Morgan fingerprint density at radius 2 is 1.85 bits per heavy atom. The maximum Gasteiger partial charge on any atom is 0.168 e. The molecule has 2 rings (SSSR count). The molecule has 1 unspecified atom stereocenters. The van der Waals surface area contributed by atoms with Crippen LogP contribution in [0.1, 0.15) is 17.2 Å².